The Morgan fingerprint density at radius 2 is 1.87 bits per heavy atom. The van der Waals surface area contributed by atoms with Crippen LogP contribution in [0.3, 0.4) is 0 Å². The summed E-state index contributed by atoms with van der Waals surface area (Å²) in [6.07, 6.45) is 1.76. The van der Waals surface area contributed by atoms with Gasteiger partial charge < -0.3 is 15.1 Å². The molecule has 0 aliphatic carbocycles. The first kappa shape index (κ1) is 19.6. The van der Waals surface area contributed by atoms with E-state index < -0.39 is 0 Å². The van der Waals surface area contributed by atoms with E-state index in [9.17, 15) is 4.39 Å². The van der Waals surface area contributed by atoms with E-state index in [0.29, 0.717) is 17.3 Å². The van der Waals surface area contributed by atoms with Crippen LogP contribution in [-0.2, 0) is 0 Å². The van der Waals surface area contributed by atoms with E-state index >= 15 is 0 Å². The Hall–Kier alpha value is -3.33. The second-order valence-corrected chi connectivity index (χ2v) is 8.27. The molecule has 0 atom stereocenters. The number of hydrogen-bond donors (Lipinski definition) is 1. The van der Waals surface area contributed by atoms with Crippen LogP contribution in [0, 0.1) is 5.82 Å². The van der Waals surface area contributed by atoms with Crippen molar-refractivity contribution in [3.63, 3.8) is 0 Å². The molecule has 0 radical (unpaired) electrons. The smallest absolute Gasteiger partial charge is 0.227 e. The molecule has 5 rings (SSSR count). The van der Waals surface area contributed by atoms with E-state index in [0.717, 1.165) is 48.1 Å². The minimum Gasteiger partial charge on any atom is -0.367 e. The van der Waals surface area contributed by atoms with Crippen molar-refractivity contribution >= 4 is 39.3 Å². The molecule has 0 saturated carbocycles. The van der Waals surface area contributed by atoms with Gasteiger partial charge in [0.1, 0.15) is 22.4 Å². The fourth-order valence-electron chi connectivity index (χ4n) is 3.96. The summed E-state index contributed by atoms with van der Waals surface area (Å²) in [5.74, 6) is 0.156. The van der Waals surface area contributed by atoms with Gasteiger partial charge in [-0.1, -0.05) is 5.21 Å². The monoisotopic (exact) mass is 420 g/mol. The summed E-state index contributed by atoms with van der Waals surface area (Å²) in [5, 5.41) is 12.5. The molecule has 0 bridgehead atoms. The van der Waals surface area contributed by atoms with Crippen molar-refractivity contribution in [1.82, 2.24) is 29.9 Å². The first-order valence-electron chi connectivity index (χ1n) is 10.5. The summed E-state index contributed by atoms with van der Waals surface area (Å²) >= 11 is 0. The topological polar surface area (TPSA) is 75.0 Å². The van der Waals surface area contributed by atoms with Crippen LogP contribution in [-0.4, -0.2) is 63.1 Å². The predicted octanol–water partition coefficient (Wildman–Crippen LogP) is 3.59. The van der Waals surface area contributed by atoms with E-state index in [1.54, 1.807) is 6.20 Å². The molecule has 1 fully saturated rings. The van der Waals surface area contributed by atoms with Crippen molar-refractivity contribution in [3.8, 4) is 0 Å². The van der Waals surface area contributed by atoms with Crippen molar-refractivity contribution in [2.75, 3.05) is 43.4 Å². The Bertz CT molecular complexity index is 1240. The highest BCUT2D eigenvalue weighted by atomic mass is 19.1. The van der Waals surface area contributed by atoms with Gasteiger partial charge in [-0.25, -0.2) is 19.0 Å². The number of likely N-dealkylation sites (N-methyl/N-ethyl adjacent to an activating group) is 1. The summed E-state index contributed by atoms with van der Waals surface area (Å²) in [6.45, 7) is 7.61. The average molecular weight is 420 g/mol. The number of hydrogen-bond acceptors (Lipinski definition) is 7. The molecule has 0 unspecified atom stereocenters. The third-order valence-electron chi connectivity index (χ3n) is 5.72. The number of piperazine rings is 1. The molecule has 2 aromatic carbocycles. The minimum atomic E-state index is -0.250. The Balaban J connectivity index is 1.46. The second-order valence-electron chi connectivity index (χ2n) is 8.27. The number of fused-ring (bicyclic) bond motifs is 3. The van der Waals surface area contributed by atoms with Gasteiger partial charge in [0.2, 0.25) is 5.95 Å². The van der Waals surface area contributed by atoms with Crippen molar-refractivity contribution in [2.45, 2.75) is 19.9 Å². The van der Waals surface area contributed by atoms with Gasteiger partial charge in [0.15, 0.2) is 0 Å². The number of aromatic nitrogens is 5. The van der Waals surface area contributed by atoms with Crippen LogP contribution in [0.15, 0.2) is 36.5 Å². The molecule has 1 saturated heterocycles. The average Bonchev–Trinajstić information content (AvgIpc) is 3.20. The van der Waals surface area contributed by atoms with Crippen LogP contribution in [0.4, 0.5) is 21.7 Å². The van der Waals surface area contributed by atoms with Crippen LogP contribution in [0.5, 0.6) is 0 Å². The zero-order chi connectivity index (χ0) is 21.5. The van der Waals surface area contributed by atoms with Crippen LogP contribution < -0.4 is 10.2 Å². The lowest BCUT2D eigenvalue weighted by Crippen LogP contribution is -2.44. The molecule has 3 heterocycles. The number of rotatable bonds is 4. The summed E-state index contributed by atoms with van der Waals surface area (Å²) in [7, 11) is 2.09. The van der Waals surface area contributed by atoms with E-state index in [2.05, 4.69) is 51.3 Å². The zero-order valence-corrected chi connectivity index (χ0v) is 17.9. The SMILES string of the molecule is CC(C)n1nnc2ccc3cnc(Nc4ccc(N5CCN(C)CC5)c(F)c4)nc3c21. The lowest BCUT2D eigenvalue weighted by atomic mass is 10.2. The van der Waals surface area contributed by atoms with E-state index in [-0.39, 0.29) is 11.9 Å². The highest BCUT2D eigenvalue weighted by Gasteiger charge is 2.18. The summed E-state index contributed by atoms with van der Waals surface area (Å²) in [5.41, 5.74) is 3.66. The third kappa shape index (κ3) is 3.65. The second kappa shape index (κ2) is 7.73. The molecule has 1 aliphatic rings. The molecule has 9 heteroatoms. The molecule has 4 aromatic rings. The molecular weight excluding hydrogens is 395 g/mol. The lowest BCUT2D eigenvalue weighted by molar-refractivity contribution is 0.311. The quantitative estimate of drug-likeness (QED) is 0.541. The maximum atomic E-state index is 14.8. The largest absolute Gasteiger partial charge is 0.367 e. The predicted molar refractivity (Wildman–Crippen MR) is 120 cm³/mol. The molecule has 2 aromatic heterocycles. The number of benzene rings is 2. The van der Waals surface area contributed by atoms with E-state index in [1.165, 1.54) is 6.07 Å². The normalized spacial score (nSPS) is 15.3. The van der Waals surface area contributed by atoms with Gasteiger partial charge in [0, 0.05) is 49.5 Å². The summed E-state index contributed by atoms with van der Waals surface area (Å²) < 4.78 is 16.7. The number of nitrogens with zero attached hydrogens (tertiary/aromatic N) is 7. The van der Waals surface area contributed by atoms with Crippen molar-refractivity contribution < 1.29 is 4.39 Å². The molecule has 1 aliphatic heterocycles. The molecule has 8 nitrogen and oxygen atoms in total. The summed E-state index contributed by atoms with van der Waals surface area (Å²) in [4.78, 5) is 13.4. The van der Waals surface area contributed by atoms with Gasteiger partial charge in [0.25, 0.3) is 0 Å². The highest BCUT2D eigenvalue weighted by Crippen LogP contribution is 2.27. The highest BCUT2D eigenvalue weighted by molar-refractivity contribution is 6.01. The summed E-state index contributed by atoms with van der Waals surface area (Å²) in [6, 6.07) is 9.20. The third-order valence-corrected chi connectivity index (χ3v) is 5.72. The van der Waals surface area contributed by atoms with Crippen LogP contribution in [0.2, 0.25) is 0 Å². The zero-order valence-electron chi connectivity index (χ0n) is 17.9. The van der Waals surface area contributed by atoms with Gasteiger partial charge in [-0.2, -0.15) is 0 Å². The number of nitrogens with one attached hydrogen (secondary N) is 1. The van der Waals surface area contributed by atoms with Crippen molar-refractivity contribution in [1.29, 1.82) is 0 Å². The van der Waals surface area contributed by atoms with Crippen LogP contribution in [0.1, 0.15) is 19.9 Å². The molecule has 1 N–H and O–H groups in total. The van der Waals surface area contributed by atoms with Gasteiger partial charge in [-0.15, -0.1) is 5.10 Å². The van der Waals surface area contributed by atoms with Gasteiger partial charge in [-0.05, 0) is 51.2 Å². The first-order valence-corrected chi connectivity index (χ1v) is 10.5. The van der Waals surface area contributed by atoms with Crippen molar-refractivity contribution in [3.05, 3.63) is 42.3 Å². The standard InChI is InChI=1S/C22H25FN8/c1-14(2)31-21-18(27-28-31)6-4-15-13-24-22(26-20(15)21)25-16-5-7-19(17(23)12-16)30-10-8-29(3)9-11-30/h4-7,12-14H,8-11H2,1-3H3,(H,24,25,26). The van der Waals surface area contributed by atoms with Crippen molar-refractivity contribution in [2.24, 2.45) is 0 Å². The fraction of sp³-hybridized carbons (Fsp3) is 0.364. The van der Waals surface area contributed by atoms with Crippen LogP contribution >= 0.6 is 0 Å². The van der Waals surface area contributed by atoms with Crippen LogP contribution in [0.25, 0.3) is 21.9 Å². The first-order chi connectivity index (χ1) is 15.0. The maximum Gasteiger partial charge on any atom is 0.227 e. The minimum absolute atomic E-state index is 0.151. The molecule has 0 spiro atoms. The van der Waals surface area contributed by atoms with Gasteiger partial charge in [-0.3, -0.25) is 0 Å². The molecular formula is C22H25FN8. The number of halogens is 1. The van der Waals surface area contributed by atoms with Gasteiger partial charge in [0.05, 0.1) is 5.69 Å². The molecule has 31 heavy (non-hydrogen) atoms. The molecule has 160 valence electrons. The van der Waals surface area contributed by atoms with E-state index in [4.69, 9.17) is 4.98 Å². The Morgan fingerprint density at radius 1 is 1.06 bits per heavy atom. The number of anilines is 3. The Labute approximate surface area is 179 Å². The maximum absolute atomic E-state index is 14.8. The Kier molecular flexibility index (Phi) is 4.90. The van der Waals surface area contributed by atoms with E-state index in [1.807, 2.05) is 28.9 Å². The van der Waals surface area contributed by atoms with Gasteiger partial charge >= 0.3 is 0 Å². The fourth-order valence-corrected chi connectivity index (χ4v) is 3.96. The lowest BCUT2D eigenvalue weighted by Gasteiger charge is -2.34. The molecule has 0 amide bonds. The Morgan fingerprint density at radius 3 is 2.61 bits per heavy atom.